The summed E-state index contributed by atoms with van der Waals surface area (Å²) >= 11 is 0. The van der Waals surface area contributed by atoms with Crippen molar-refractivity contribution >= 4 is 23.3 Å². The summed E-state index contributed by atoms with van der Waals surface area (Å²) in [6, 6.07) is 3.83. The maximum atomic E-state index is 12.1. The molecule has 1 atom stereocenters. The average molecular weight is 338 g/mol. The molecule has 0 radical (unpaired) electrons. The summed E-state index contributed by atoms with van der Waals surface area (Å²) in [5, 5.41) is 13.3. The number of non-ortho nitro benzene ring substituents is 1. The van der Waals surface area contributed by atoms with Crippen molar-refractivity contribution < 1.29 is 24.0 Å². The smallest absolute Gasteiger partial charge is 0.307 e. The molecular weight excluding hydrogens is 316 g/mol. The molecule has 1 N–H and O–H groups in total. The topological polar surface area (TPSA) is 108 Å². The fraction of sp³-hybridized carbons (Fsp3) is 0.500. The first kappa shape index (κ1) is 19.4. The number of amides is 1. The van der Waals surface area contributed by atoms with Crippen LogP contribution in [0.4, 0.5) is 11.4 Å². The fourth-order valence-corrected chi connectivity index (χ4v) is 1.87. The van der Waals surface area contributed by atoms with Gasteiger partial charge in [0.1, 0.15) is 5.75 Å². The zero-order chi connectivity index (χ0) is 18.5. The van der Waals surface area contributed by atoms with E-state index in [1.807, 2.05) is 20.8 Å². The SMILES string of the molecule is COc1ccc([N+](=O)[O-])cc1NC(=O)[C@H](C)OC(=O)CC(C)(C)C. The van der Waals surface area contributed by atoms with Gasteiger partial charge in [-0.25, -0.2) is 0 Å². The Labute approximate surface area is 140 Å². The van der Waals surface area contributed by atoms with Gasteiger partial charge < -0.3 is 14.8 Å². The van der Waals surface area contributed by atoms with Crippen molar-refractivity contribution in [3.05, 3.63) is 28.3 Å². The van der Waals surface area contributed by atoms with Gasteiger partial charge in [0.2, 0.25) is 0 Å². The Morgan fingerprint density at radius 1 is 1.33 bits per heavy atom. The van der Waals surface area contributed by atoms with Crippen molar-refractivity contribution in [2.45, 2.75) is 40.2 Å². The molecule has 132 valence electrons. The molecule has 0 aliphatic carbocycles. The molecule has 0 aliphatic heterocycles. The van der Waals surface area contributed by atoms with Gasteiger partial charge in [-0.1, -0.05) is 20.8 Å². The third-order valence-corrected chi connectivity index (χ3v) is 3.00. The van der Waals surface area contributed by atoms with Crippen LogP contribution in [0.25, 0.3) is 0 Å². The molecule has 1 aromatic carbocycles. The highest BCUT2D eigenvalue weighted by atomic mass is 16.6. The number of methoxy groups -OCH3 is 1. The van der Waals surface area contributed by atoms with Crippen LogP contribution in [0.3, 0.4) is 0 Å². The van der Waals surface area contributed by atoms with Gasteiger partial charge in [-0.15, -0.1) is 0 Å². The quantitative estimate of drug-likeness (QED) is 0.485. The minimum Gasteiger partial charge on any atom is -0.495 e. The second kappa shape index (κ2) is 7.76. The molecule has 0 fully saturated rings. The van der Waals surface area contributed by atoms with E-state index >= 15 is 0 Å². The molecule has 8 nitrogen and oxygen atoms in total. The Bertz CT molecular complexity index is 636. The normalized spacial score (nSPS) is 12.2. The monoisotopic (exact) mass is 338 g/mol. The van der Waals surface area contributed by atoms with Gasteiger partial charge in [0, 0.05) is 12.1 Å². The van der Waals surface area contributed by atoms with Gasteiger partial charge in [0.25, 0.3) is 11.6 Å². The largest absolute Gasteiger partial charge is 0.495 e. The van der Waals surface area contributed by atoms with Crippen LogP contribution in [0.2, 0.25) is 0 Å². The highest BCUT2D eigenvalue weighted by Gasteiger charge is 2.23. The molecule has 0 heterocycles. The van der Waals surface area contributed by atoms with E-state index in [4.69, 9.17) is 9.47 Å². The van der Waals surface area contributed by atoms with Gasteiger partial charge in [-0.2, -0.15) is 0 Å². The van der Waals surface area contributed by atoms with Crippen LogP contribution < -0.4 is 10.1 Å². The lowest BCUT2D eigenvalue weighted by atomic mass is 9.92. The van der Waals surface area contributed by atoms with E-state index in [9.17, 15) is 19.7 Å². The van der Waals surface area contributed by atoms with E-state index in [0.29, 0.717) is 0 Å². The summed E-state index contributed by atoms with van der Waals surface area (Å²) in [5.41, 5.74) is -0.310. The van der Waals surface area contributed by atoms with E-state index in [0.717, 1.165) is 0 Å². The molecule has 0 unspecified atom stereocenters. The van der Waals surface area contributed by atoms with Crippen LogP contribution >= 0.6 is 0 Å². The maximum absolute atomic E-state index is 12.1. The number of hydrogen-bond acceptors (Lipinski definition) is 6. The van der Waals surface area contributed by atoms with Crippen LogP contribution in [0.5, 0.6) is 5.75 Å². The number of nitro groups is 1. The third-order valence-electron chi connectivity index (χ3n) is 3.00. The third kappa shape index (κ3) is 5.86. The Morgan fingerprint density at radius 2 is 1.96 bits per heavy atom. The van der Waals surface area contributed by atoms with E-state index in [1.54, 1.807) is 0 Å². The summed E-state index contributed by atoms with van der Waals surface area (Å²) in [6.45, 7) is 7.08. The van der Waals surface area contributed by atoms with Crippen LogP contribution in [0.1, 0.15) is 34.1 Å². The summed E-state index contributed by atoms with van der Waals surface area (Å²) in [4.78, 5) is 34.2. The second-order valence-corrected chi connectivity index (χ2v) is 6.50. The first-order valence-corrected chi connectivity index (χ1v) is 7.36. The summed E-state index contributed by atoms with van der Waals surface area (Å²) in [6.07, 6.45) is -0.867. The highest BCUT2D eigenvalue weighted by Crippen LogP contribution is 2.29. The number of carbonyl (C=O) groups is 2. The zero-order valence-electron chi connectivity index (χ0n) is 14.4. The number of carbonyl (C=O) groups excluding carboxylic acids is 2. The molecule has 0 spiro atoms. The predicted molar refractivity (Wildman–Crippen MR) is 87.9 cm³/mol. The van der Waals surface area contributed by atoms with Gasteiger partial charge in [0.05, 0.1) is 24.1 Å². The molecule has 1 amide bonds. The molecule has 0 bridgehead atoms. The van der Waals surface area contributed by atoms with E-state index in [2.05, 4.69) is 5.32 Å². The van der Waals surface area contributed by atoms with Gasteiger partial charge in [-0.3, -0.25) is 19.7 Å². The Hall–Kier alpha value is -2.64. The first-order valence-electron chi connectivity index (χ1n) is 7.36. The Balaban J connectivity index is 2.81. The number of nitrogens with one attached hydrogen (secondary N) is 1. The number of ether oxygens (including phenoxy) is 2. The van der Waals surface area contributed by atoms with Crippen LogP contribution in [-0.2, 0) is 14.3 Å². The number of anilines is 1. The number of hydrogen-bond donors (Lipinski definition) is 1. The van der Waals surface area contributed by atoms with Crippen LogP contribution in [0, 0.1) is 15.5 Å². The van der Waals surface area contributed by atoms with Gasteiger partial charge in [0.15, 0.2) is 6.10 Å². The summed E-state index contributed by atoms with van der Waals surface area (Å²) < 4.78 is 10.1. The van der Waals surface area contributed by atoms with Crippen molar-refractivity contribution in [2.24, 2.45) is 5.41 Å². The minimum atomic E-state index is -1.04. The molecule has 0 aliphatic rings. The van der Waals surface area contributed by atoms with Crippen molar-refractivity contribution in [3.63, 3.8) is 0 Å². The summed E-state index contributed by atoms with van der Waals surface area (Å²) in [7, 11) is 1.38. The fourth-order valence-electron chi connectivity index (χ4n) is 1.87. The van der Waals surface area contributed by atoms with Gasteiger partial charge in [-0.05, 0) is 18.4 Å². The maximum Gasteiger partial charge on any atom is 0.307 e. The summed E-state index contributed by atoms with van der Waals surface area (Å²) in [5.74, 6) is -0.825. The first-order chi connectivity index (χ1) is 11.0. The Kier molecular flexibility index (Phi) is 6.27. The van der Waals surface area contributed by atoms with E-state index < -0.39 is 22.9 Å². The molecular formula is C16H22N2O6. The van der Waals surface area contributed by atoms with E-state index in [1.165, 1.54) is 32.2 Å². The van der Waals surface area contributed by atoms with Gasteiger partial charge >= 0.3 is 5.97 Å². The Morgan fingerprint density at radius 3 is 2.46 bits per heavy atom. The van der Waals surface area contributed by atoms with Crippen molar-refractivity contribution in [3.8, 4) is 5.75 Å². The number of nitrogens with zero attached hydrogens (tertiary/aromatic N) is 1. The lowest BCUT2D eigenvalue weighted by Crippen LogP contribution is -2.31. The molecule has 8 heteroatoms. The number of rotatable bonds is 6. The number of nitro benzene ring substituents is 1. The number of benzene rings is 1. The van der Waals surface area contributed by atoms with Crippen molar-refractivity contribution in [1.29, 1.82) is 0 Å². The van der Waals surface area contributed by atoms with Crippen molar-refractivity contribution in [1.82, 2.24) is 0 Å². The highest BCUT2D eigenvalue weighted by molar-refractivity contribution is 5.96. The minimum absolute atomic E-state index is 0.135. The molecule has 1 aromatic rings. The molecule has 0 aromatic heterocycles. The van der Waals surface area contributed by atoms with Crippen LogP contribution in [-0.4, -0.2) is 30.0 Å². The molecule has 24 heavy (non-hydrogen) atoms. The lowest BCUT2D eigenvalue weighted by molar-refractivity contribution is -0.384. The average Bonchev–Trinajstić information content (AvgIpc) is 2.44. The standard InChI is InChI=1S/C16H22N2O6/c1-10(24-14(19)9-16(2,3)4)15(20)17-12-8-11(18(21)22)6-7-13(12)23-5/h6-8,10H,9H2,1-5H3,(H,17,20)/t10-/m0/s1. The lowest BCUT2D eigenvalue weighted by Gasteiger charge is -2.19. The predicted octanol–water partition coefficient (Wildman–Crippen LogP) is 2.91. The van der Waals surface area contributed by atoms with E-state index in [-0.39, 0.29) is 29.0 Å². The molecule has 0 saturated heterocycles. The second-order valence-electron chi connectivity index (χ2n) is 6.50. The van der Waals surface area contributed by atoms with Crippen molar-refractivity contribution in [2.75, 3.05) is 12.4 Å². The molecule has 0 saturated carbocycles. The molecule has 1 rings (SSSR count). The van der Waals surface area contributed by atoms with Crippen LogP contribution in [0.15, 0.2) is 18.2 Å². The number of esters is 1. The zero-order valence-corrected chi connectivity index (χ0v) is 14.4.